The molecule has 0 heterocycles. The van der Waals surface area contributed by atoms with E-state index >= 15 is 0 Å². The van der Waals surface area contributed by atoms with Crippen molar-refractivity contribution in [1.29, 1.82) is 0 Å². The fourth-order valence-electron chi connectivity index (χ4n) is 1.52. The number of benzene rings is 1. The van der Waals surface area contributed by atoms with E-state index in [9.17, 15) is 22.8 Å². The Hall–Kier alpha value is -1.74. The van der Waals surface area contributed by atoms with Crippen LogP contribution in [0.1, 0.15) is 11.1 Å². The highest BCUT2D eigenvalue weighted by Crippen LogP contribution is 2.15. The molecule has 9 heteroatoms. The van der Waals surface area contributed by atoms with E-state index in [0.717, 1.165) is 17.3 Å². The average molecular weight is 351 g/mol. The molecule has 128 valence electrons. The third-order valence-electron chi connectivity index (χ3n) is 2.51. The molecule has 1 aromatic carbocycles. The van der Waals surface area contributed by atoms with Gasteiger partial charge in [-0.2, -0.15) is 13.2 Å². The number of halogens is 3. The second-order valence-electron chi connectivity index (χ2n) is 4.59. The van der Waals surface area contributed by atoms with Crippen molar-refractivity contribution in [1.82, 2.24) is 5.32 Å². The highest BCUT2D eigenvalue weighted by Gasteiger charge is 2.27. The standard InChI is InChI=1S/C14H16F3NO4S/c15-14(16,17)9-22-6-11-3-1-10(2-4-11)5-18-12(19)7-23-8-13(20)21/h1-4H,5-9H2,(H,18,19)(H,20,21). The second kappa shape index (κ2) is 9.41. The van der Waals surface area contributed by atoms with Gasteiger partial charge in [-0.3, -0.25) is 9.59 Å². The quantitative estimate of drug-likeness (QED) is 0.713. The molecule has 0 saturated carbocycles. The third-order valence-corrected chi connectivity index (χ3v) is 3.42. The molecule has 5 nitrogen and oxygen atoms in total. The number of carbonyl (C=O) groups excluding carboxylic acids is 1. The summed E-state index contributed by atoms with van der Waals surface area (Å²) in [6.07, 6.45) is -4.34. The van der Waals surface area contributed by atoms with Crippen LogP contribution >= 0.6 is 11.8 Å². The third kappa shape index (κ3) is 9.80. The van der Waals surface area contributed by atoms with E-state index < -0.39 is 18.8 Å². The molecule has 1 amide bonds. The van der Waals surface area contributed by atoms with Gasteiger partial charge in [0, 0.05) is 6.54 Å². The van der Waals surface area contributed by atoms with Crippen molar-refractivity contribution >= 4 is 23.6 Å². The lowest BCUT2D eigenvalue weighted by Gasteiger charge is -2.09. The molecule has 0 atom stereocenters. The number of amides is 1. The van der Waals surface area contributed by atoms with Crippen LogP contribution in [0.5, 0.6) is 0 Å². The zero-order valence-electron chi connectivity index (χ0n) is 12.1. The van der Waals surface area contributed by atoms with E-state index in [4.69, 9.17) is 5.11 Å². The Morgan fingerprint density at radius 3 is 2.30 bits per heavy atom. The molecular weight excluding hydrogens is 335 g/mol. The molecule has 0 aliphatic heterocycles. The van der Waals surface area contributed by atoms with Gasteiger partial charge < -0.3 is 15.2 Å². The number of nitrogens with one attached hydrogen (secondary N) is 1. The number of hydrogen-bond acceptors (Lipinski definition) is 4. The second-order valence-corrected chi connectivity index (χ2v) is 5.57. The summed E-state index contributed by atoms with van der Waals surface area (Å²) in [5, 5.41) is 11.1. The summed E-state index contributed by atoms with van der Waals surface area (Å²) in [4.78, 5) is 21.7. The Morgan fingerprint density at radius 1 is 1.13 bits per heavy atom. The van der Waals surface area contributed by atoms with Crippen LogP contribution in [0.25, 0.3) is 0 Å². The van der Waals surface area contributed by atoms with Gasteiger partial charge in [0.2, 0.25) is 5.91 Å². The molecule has 0 aliphatic carbocycles. The maximum atomic E-state index is 11.9. The normalized spacial score (nSPS) is 11.3. The lowest BCUT2D eigenvalue weighted by Crippen LogP contribution is -2.25. The molecule has 0 saturated heterocycles. The van der Waals surface area contributed by atoms with Gasteiger partial charge in [-0.25, -0.2) is 0 Å². The van der Waals surface area contributed by atoms with Crippen LogP contribution in [0, 0.1) is 0 Å². The minimum absolute atomic E-state index is 0.0513. The van der Waals surface area contributed by atoms with Crippen molar-refractivity contribution in [3.05, 3.63) is 35.4 Å². The number of carboxylic acid groups (broad SMARTS) is 1. The fraction of sp³-hybridized carbons (Fsp3) is 0.429. The van der Waals surface area contributed by atoms with Gasteiger partial charge in [-0.1, -0.05) is 24.3 Å². The number of ether oxygens (including phenoxy) is 1. The molecule has 1 rings (SSSR count). The molecule has 0 spiro atoms. The van der Waals surface area contributed by atoms with Crippen LogP contribution in [-0.2, 0) is 27.5 Å². The summed E-state index contributed by atoms with van der Waals surface area (Å²) in [6, 6.07) is 6.60. The van der Waals surface area contributed by atoms with Crippen LogP contribution in [0.3, 0.4) is 0 Å². The monoisotopic (exact) mass is 351 g/mol. The van der Waals surface area contributed by atoms with Crippen molar-refractivity contribution in [2.75, 3.05) is 18.1 Å². The van der Waals surface area contributed by atoms with Gasteiger partial charge in [0.15, 0.2) is 0 Å². The van der Waals surface area contributed by atoms with Gasteiger partial charge in [-0.05, 0) is 11.1 Å². The van der Waals surface area contributed by atoms with Gasteiger partial charge in [0.05, 0.1) is 18.1 Å². The first kappa shape index (κ1) is 19.3. The summed E-state index contributed by atoms with van der Waals surface area (Å²) in [5.41, 5.74) is 1.38. The molecule has 2 N–H and O–H groups in total. The molecule has 0 aromatic heterocycles. The number of carboxylic acids is 1. The number of alkyl halides is 3. The van der Waals surface area contributed by atoms with Crippen LogP contribution in [0.4, 0.5) is 13.2 Å². The van der Waals surface area contributed by atoms with Crippen LogP contribution in [-0.4, -0.2) is 41.3 Å². The molecule has 0 unspecified atom stereocenters. The molecule has 0 radical (unpaired) electrons. The molecule has 0 aliphatic rings. The maximum absolute atomic E-state index is 11.9. The minimum Gasteiger partial charge on any atom is -0.481 e. The van der Waals surface area contributed by atoms with Crippen LogP contribution in [0.2, 0.25) is 0 Å². The highest BCUT2D eigenvalue weighted by atomic mass is 32.2. The summed E-state index contributed by atoms with van der Waals surface area (Å²) in [5.74, 6) is -1.35. The molecule has 1 aromatic rings. The molecule has 23 heavy (non-hydrogen) atoms. The van der Waals surface area contributed by atoms with E-state index in [1.165, 1.54) is 0 Å². The Labute approximate surface area is 135 Å². The number of hydrogen-bond donors (Lipinski definition) is 2. The zero-order chi connectivity index (χ0) is 17.3. The first-order chi connectivity index (χ1) is 10.8. The number of carbonyl (C=O) groups is 2. The Morgan fingerprint density at radius 2 is 1.74 bits per heavy atom. The topological polar surface area (TPSA) is 75.6 Å². The first-order valence-electron chi connectivity index (χ1n) is 6.55. The van der Waals surface area contributed by atoms with Crippen molar-refractivity contribution in [3.63, 3.8) is 0 Å². The van der Waals surface area contributed by atoms with Gasteiger partial charge >= 0.3 is 12.1 Å². The average Bonchev–Trinajstić information content (AvgIpc) is 2.45. The Kier molecular flexibility index (Phi) is 7.90. The van der Waals surface area contributed by atoms with Gasteiger partial charge in [0.1, 0.15) is 6.61 Å². The van der Waals surface area contributed by atoms with Crippen LogP contribution in [0.15, 0.2) is 24.3 Å². The lowest BCUT2D eigenvalue weighted by atomic mass is 10.1. The van der Waals surface area contributed by atoms with Crippen molar-refractivity contribution in [2.45, 2.75) is 19.3 Å². The predicted octanol–water partition coefficient (Wildman–Crippen LogP) is 2.20. The van der Waals surface area contributed by atoms with Crippen molar-refractivity contribution < 1.29 is 32.6 Å². The highest BCUT2D eigenvalue weighted by molar-refractivity contribution is 8.00. The summed E-state index contributed by atoms with van der Waals surface area (Å²) >= 11 is 0.998. The van der Waals surface area contributed by atoms with E-state index in [1.807, 2.05) is 0 Å². The minimum atomic E-state index is -4.34. The van der Waals surface area contributed by atoms with E-state index in [1.54, 1.807) is 24.3 Å². The summed E-state index contributed by atoms with van der Waals surface area (Å²) in [6.45, 7) is -1.17. The Balaban J connectivity index is 2.28. The maximum Gasteiger partial charge on any atom is 0.411 e. The molecular formula is C14H16F3NO4S. The number of rotatable bonds is 9. The zero-order valence-corrected chi connectivity index (χ0v) is 12.9. The van der Waals surface area contributed by atoms with Crippen LogP contribution < -0.4 is 5.32 Å². The molecule has 0 bridgehead atoms. The Bertz CT molecular complexity index is 520. The number of aliphatic carboxylic acids is 1. The largest absolute Gasteiger partial charge is 0.481 e. The number of thioether (sulfide) groups is 1. The smallest absolute Gasteiger partial charge is 0.411 e. The SMILES string of the molecule is O=C(O)CSCC(=O)NCc1ccc(COCC(F)(F)F)cc1. The lowest BCUT2D eigenvalue weighted by molar-refractivity contribution is -0.176. The van der Waals surface area contributed by atoms with E-state index in [-0.39, 0.29) is 30.6 Å². The van der Waals surface area contributed by atoms with E-state index in [0.29, 0.717) is 5.56 Å². The van der Waals surface area contributed by atoms with Gasteiger partial charge in [0.25, 0.3) is 0 Å². The fourth-order valence-corrected chi connectivity index (χ4v) is 2.08. The summed E-state index contributed by atoms with van der Waals surface area (Å²) in [7, 11) is 0. The van der Waals surface area contributed by atoms with Crippen molar-refractivity contribution in [2.24, 2.45) is 0 Å². The van der Waals surface area contributed by atoms with Crippen molar-refractivity contribution in [3.8, 4) is 0 Å². The summed E-state index contributed by atoms with van der Waals surface area (Å²) < 4.78 is 40.3. The van der Waals surface area contributed by atoms with E-state index in [2.05, 4.69) is 10.1 Å². The first-order valence-corrected chi connectivity index (χ1v) is 7.70. The van der Waals surface area contributed by atoms with Gasteiger partial charge in [-0.15, -0.1) is 11.8 Å². The molecule has 0 fully saturated rings. The predicted molar refractivity (Wildman–Crippen MR) is 79.0 cm³/mol.